The molecule has 0 amide bonds. The van der Waals surface area contributed by atoms with E-state index >= 15 is 0 Å². The molecule has 1 aliphatic heterocycles. The van der Waals surface area contributed by atoms with Gasteiger partial charge in [0.05, 0.1) is 5.52 Å². The fourth-order valence-corrected chi connectivity index (χ4v) is 3.60. The van der Waals surface area contributed by atoms with Crippen LogP contribution in [-0.2, 0) is 13.0 Å². The lowest BCUT2D eigenvalue weighted by molar-refractivity contribution is 0.305. The lowest BCUT2D eigenvalue weighted by Gasteiger charge is -2.16. The van der Waals surface area contributed by atoms with Crippen molar-refractivity contribution >= 4 is 11.1 Å². The molecule has 5 heteroatoms. The molecule has 1 fully saturated rings. The van der Waals surface area contributed by atoms with E-state index in [9.17, 15) is 4.79 Å². The van der Waals surface area contributed by atoms with Crippen LogP contribution in [0.1, 0.15) is 12.0 Å². The van der Waals surface area contributed by atoms with Crippen molar-refractivity contribution in [2.75, 3.05) is 19.6 Å². The van der Waals surface area contributed by atoms with Gasteiger partial charge in [0.15, 0.2) is 5.58 Å². The van der Waals surface area contributed by atoms with Crippen LogP contribution in [0.2, 0.25) is 0 Å². The zero-order valence-electron chi connectivity index (χ0n) is 13.6. The topological polar surface area (TPSA) is 51.3 Å². The number of para-hydroxylation sites is 2. The highest BCUT2D eigenvalue weighted by Crippen LogP contribution is 2.20. The number of aromatic nitrogens is 2. The number of pyridine rings is 1. The van der Waals surface area contributed by atoms with Gasteiger partial charge < -0.3 is 9.32 Å². The average Bonchev–Trinajstić information content (AvgIpc) is 3.17. The summed E-state index contributed by atoms with van der Waals surface area (Å²) < 4.78 is 7.04. The number of fused-ring (bicyclic) bond motifs is 1. The Morgan fingerprint density at radius 1 is 1.17 bits per heavy atom. The van der Waals surface area contributed by atoms with Gasteiger partial charge in [-0.25, -0.2) is 4.79 Å². The quantitative estimate of drug-likeness (QED) is 0.724. The molecule has 4 rings (SSSR count). The standard InChI is InChI=1S/C19H21N3O2/c23-19-22(17-5-1-2-6-18(17)24-19)11-10-21-9-7-16(14-21)12-15-4-3-8-20-13-15/h1-6,8,13,16H,7,9-12,14H2. The minimum atomic E-state index is -0.262. The molecule has 24 heavy (non-hydrogen) atoms. The maximum absolute atomic E-state index is 12.0. The maximum atomic E-state index is 12.0. The summed E-state index contributed by atoms with van der Waals surface area (Å²) in [5.41, 5.74) is 2.85. The van der Waals surface area contributed by atoms with Gasteiger partial charge in [-0.2, -0.15) is 0 Å². The van der Waals surface area contributed by atoms with Crippen molar-refractivity contribution in [2.45, 2.75) is 19.4 Å². The van der Waals surface area contributed by atoms with Gasteiger partial charge in [0.2, 0.25) is 0 Å². The number of likely N-dealkylation sites (tertiary alicyclic amines) is 1. The molecule has 5 nitrogen and oxygen atoms in total. The van der Waals surface area contributed by atoms with Crippen molar-refractivity contribution in [1.29, 1.82) is 0 Å². The summed E-state index contributed by atoms with van der Waals surface area (Å²) in [4.78, 5) is 18.7. The van der Waals surface area contributed by atoms with Crippen molar-refractivity contribution in [3.8, 4) is 0 Å². The summed E-state index contributed by atoms with van der Waals surface area (Å²) in [7, 11) is 0. The molecule has 1 atom stereocenters. The minimum Gasteiger partial charge on any atom is -0.408 e. The minimum absolute atomic E-state index is 0.262. The van der Waals surface area contributed by atoms with E-state index in [4.69, 9.17) is 4.42 Å². The van der Waals surface area contributed by atoms with E-state index in [0.29, 0.717) is 18.0 Å². The van der Waals surface area contributed by atoms with Crippen molar-refractivity contribution < 1.29 is 4.42 Å². The second-order valence-electron chi connectivity index (χ2n) is 6.51. The van der Waals surface area contributed by atoms with E-state index in [2.05, 4.69) is 16.0 Å². The molecule has 0 saturated carbocycles. The van der Waals surface area contributed by atoms with Gasteiger partial charge in [-0.1, -0.05) is 18.2 Å². The molecule has 0 aliphatic carbocycles. The molecule has 1 saturated heterocycles. The molecule has 1 aliphatic rings. The van der Waals surface area contributed by atoms with Gasteiger partial charge in [-0.3, -0.25) is 9.55 Å². The molecule has 0 spiro atoms. The first kappa shape index (κ1) is 15.1. The van der Waals surface area contributed by atoms with E-state index in [1.807, 2.05) is 42.7 Å². The number of hydrogen-bond donors (Lipinski definition) is 0. The molecule has 1 aromatic carbocycles. The molecular formula is C19H21N3O2. The Labute approximate surface area is 140 Å². The van der Waals surface area contributed by atoms with E-state index in [-0.39, 0.29) is 5.76 Å². The van der Waals surface area contributed by atoms with Crippen LogP contribution in [0.25, 0.3) is 11.1 Å². The fourth-order valence-electron chi connectivity index (χ4n) is 3.60. The summed E-state index contributed by atoms with van der Waals surface area (Å²) in [6.07, 6.45) is 6.06. The summed E-state index contributed by atoms with van der Waals surface area (Å²) in [5, 5.41) is 0. The number of hydrogen-bond acceptors (Lipinski definition) is 4. The van der Waals surface area contributed by atoms with Crippen LogP contribution in [0.4, 0.5) is 0 Å². The smallest absolute Gasteiger partial charge is 0.408 e. The Balaban J connectivity index is 1.37. The molecule has 1 unspecified atom stereocenters. The van der Waals surface area contributed by atoms with Crippen LogP contribution in [0.5, 0.6) is 0 Å². The number of benzene rings is 1. The Morgan fingerprint density at radius 2 is 2.08 bits per heavy atom. The Morgan fingerprint density at radius 3 is 2.96 bits per heavy atom. The summed E-state index contributed by atoms with van der Waals surface area (Å²) in [6.45, 7) is 3.73. The first-order chi connectivity index (χ1) is 11.8. The molecule has 0 radical (unpaired) electrons. The second-order valence-corrected chi connectivity index (χ2v) is 6.51. The van der Waals surface area contributed by atoms with Gasteiger partial charge in [0, 0.05) is 32.0 Å². The molecule has 0 bridgehead atoms. The van der Waals surface area contributed by atoms with Crippen molar-refractivity contribution in [2.24, 2.45) is 5.92 Å². The summed E-state index contributed by atoms with van der Waals surface area (Å²) >= 11 is 0. The summed E-state index contributed by atoms with van der Waals surface area (Å²) in [5.74, 6) is 0.411. The molecule has 2 aromatic heterocycles. The fraction of sp³-hybridized carbons (Fsp3) is 0.368. The van der Waals surface area contributed by atoms with Gasteiger partial charge in [0.25, 0.3) is 0 Å². The van der Waals surface area contributed by atoms with Gasteiger partial charge >= 0.3 is 5.76 Å². The number of oxazole rings is 1. The van der Waals surface area contributed by atoms with Gasteiger partial charge in [-0.05, 0) is 49.1 Å². The van der Waals surface area contributed by atoms with E-state index in [0.717, 1.165) is 31.6 Å². The van der Waals surface area contributed by atoms with Crippen LogP contribution in [0.3, 0.4) is 0 Å². The predicted molar refractivity (Wildman–Crippen MR) is 93.0 cm³/mol. The molecule has 0 N–H and O–H groups in total. The third-order valence-electron chi connectivity index (χ3n) is 4.83. The molecular weight excluding hydrogens is 302 g/mol. The maximum Gasteiger partial charge on any atom is 0.419 e. The lowest BCUT2D eigenvalue weighted by Crippen LogP contribution is -2.28. The van der Waals surface area contributed by atoms with Crippen molar-refractivity contribution in [3.05, 3.63) is 64.9 Å². The van der Waals surface area contributed by atoms with E-state index in [1.54, 1.807) is 4.57 Å². The van der Waals surface area contributed by atoms with Crippen LogP contribution in [0.15, 0.2) is 58.0 Å². The monoisotopic (exact) mass is 323 g/mol. The normalized spacial score (nSPS) is 18.4. The zero-order valence-corrected chi connectivity index (χ0v) is 13.6. The highest BCUT2D eigenvalue weighted by Gasteiger charge is 2.22. The highest BCUT2D eigenvalue weighted by atomic mass is 16.4. The molecule has 3 heterocycles. The van der Waals surface area contributed by atoms with Crippen LogP contribution < -0.4 is 5.76 Å². The van der Waals surface area contributed by atoms with Crippen molar-refractivity contribution in [1.82, 2.24) is 14.5 Å². The van der Waals surface area contributed by atoms with Crippen LogP contribution in [0, 0.1) is 5.92 Å². The van der Waals surface area contributed by atoms with Gasteiger partial charge in [0.1, 0.15) is 0 Å². The Bertz CT molecular complexity index is 869. The van der Waals surface area contributed by atoms with E-state index < -0.39 is 0 Å². The lowest BCUT2D eigenvalue weighted by atomic mass is 10.0. The third-order valence-corrected chi connectivity index (χ3v) is 4.83. The Hall–Kier alpha value is -2.40. The largest absolute Gasteiger partial charge is 0.419 e. The first-order valence-electron chi connectivity index (χ1n) is 8.49. The average molecular weight is 323 g/mol. The summed E-state index contributed by atoms with van der Waals surface area (Å²) in [6, 6.07) is 11.8. The number of nitrogens with zero attached hydrogens (tertiary/aromatic N) is 3. The van der Waals surface area contributed by atoms with Crippen LogP contribution in [-0.4, -0.2) is 34.1 Å². The van der Waals surface area contributed by atoms with Gasteiger partial charge in [-0.15, -0.1) is 0 Å². The molecule has 3 aromatic rings. The van der Waals surface area contributed by atoms with Crippen molar-refractivity contribution in [3.63, 3.8) is 0 Å². The second kappa shape index (κ2) is 6.61. The SMILES string of the molecule is O=c1oc2ccccc2n1CCN1CCC(Cc2cccnc2)C1. The van der Waals surface area contributed by atoms with Crippen LogP contribution >= 0.6 is 0 Å². The zero-order chi connectivity index (χ0) is 16.4. The Kier molecular flexibility index (Phi) is 4.17. The highest BCUT2D eigenvalue weighted by molar-refractivity contribution is 5.72. The van der Waals surface area contributed by atoms with E-state index in [1.165, 1.54) is 12.0 Å². The number of rotatable bonds is 5. The predicted octanol–water partition coefficient (Wildman–Crippen LogP) is 2.55. The first-order valence-corrected chi connectivity index (χ1v) is 8.49. The molecule has 124 valence electrons. The third kappa shape index (κ3) is 3.12.